The number of benzene rings is 1. The van der Waals surface area contributed by atoms with Gasteiger partial charge in [-0.05, 0) is 45.2 Å². The predicted octanol–water partition coefficient (Wildman–Crippen LogP) is 2.99. The number of ether oxygens (including phenoxy) is 1. The maximum absolute atomic E-state index is 13.0. The Kier molecular flexibility index (Phi) is 4.40. The molecule has 0 aromatic heterocycles. The molecule has 1 aliphatic heterocycles. The van der Waals surface area contributed by atoms with Crippen LogP contribution in [0.3, 0.4) is 0 Å². The average Bonchev–Trinajstić information content (AvgIpc) is 2.36. The lowest BCUT2D eigenvalue weighted by Crippen LogP contribution is -2.49. The third-order valence-corrected chi connectivity index (χ3v) is 3.64. The van der Waals surface area contributed by atoms with Crippen LogP contribution in [0.15, 0.2) is 24.3 Å². The first-order valence-corrected chi connectivity index (χ1v) is 6.77. The number of rotatable bonds is 3. The van der Waals surface area contributed by atoms with Crippen molar-refractivity contribution < 1.29 is 13.9 Å². The topological polar surface area (TPSA) is 29.5 Å². The van der Waals surface area contributed by atoms with E-state index in [0.29, 0.717) is 5.75 Å². The van der Waals surface area contributed by atoms with Gasteiger partial charge in [0.15, 0.2) is 6.61 Å². The second kappa shape index (κ2) is 6.04. The van der Waals surface area contributed by atoms with Gasteiger partial charge >= 0.3 is 0 Å². The van der Waals surface area contributed by atoms with E-state index in [1.807, 2.05) is 4.90 Å². The van der Waals surface area contributed by atoms with E-state index in [0.717, 1.165) is 19.3 Å². The molecule has 1 amide bonds. The third-order valence-electron chi connectivity index (χ3n) is 3.64. The van der Waals surface area contributed by atoms with Crippen LogP contribution in [0.5, 0.6) is 5.75 Å². The molecule has 1 aromatic rings. The summed E-state index contributed by atoms with van der Waals surface area (Å²) in [6, 6.07) is 6.38. The van der Waals surface area contributed by atoms with Crippen LogP contribution >= 0.6 is 0 Å². The van der Waals surface area contributed by atoms with Crippen molar-refractivity contribution in [3.05, 3.63) is 30.1 Å². The Labute approximate surface area is 113 Å². The molecule has 0 N–H and O–H groups in total. The molecule has 0 spiro atoms. The number of likely N-dealkylation sites (tertiary alicyclic amines) is 1. The van der Waals surface area contributed by atoms with Gasteiger partial charge in [0.05, 0.1) is 0 Å². The summed E-state index contributed by atoms with van der Waals surface area (Å²) in [7, 11) is 0. The number of hydrogen-bond acceptors (Lipinski definition) is 2. The van der Waals surface area contributed by atoms with Crippen molar-refractivity contribution >= 4 is 5.91 Å². The van der Waals surface area contributed by atoms with Crippen LogP contribution in [-0.4, -0.2) is 29.5 Å². The summed E-state index contributed by atoms with van der Waals surface area (Å²) in [4.78, 5) is 14.1. The summed E-state index contributed by atoms with van der Waals surface area (Å²) in [5, 5.41) is 0. The lowest BCUT2D eigenvalue weighted by molar-refractivity contribution is -0.139. The molecule has 2 atom stereocenters. The fourth-order valence-corrected chi connectivity index (χ4v) is 2.69. The number of hydrogen-bond donors (Lipinski definition) is 0. The van der Waals surface area contributed by atoms with Crippen molar-refractivity contribution in [2.45, 2.75) is 45.2 Å². The predicted molar refractivity (Wildman–Crippen MR) is 71.5 cm³/mol. The molecule has 0 radical (unpaired) electrons. The molecular weight excluding hydrogens is 245 g/mol. The quantitative estimate of drug-likeness (QED) is 0.841. The average molecular weight is 265 g/mol. The standard InChI is InChI=1S/C15H20FNO2/c1-11-5-3-6-12(2)17(11)15(18)10-19-14-8-4-7-13(16)9-14/h4,7-9,11-12H,3,5-6,10H2,1-2H3. The first-order valence-electron chi connectivity index (χ1n) is 6.77. The zero-order valence-corrected chi connectivity index (χ0v) is 11.4. The Hall–Kier alpha value is -1.58. The van der Waals surface area contributed by atoms with Gasteiger partial charge in [0.25, 0.3) is 5.91 Å². The van der Waals surface area contributed by atoms with Gasteiger partial charge < -0.3 is 9.64 Å². The van der Waals surface area contributed by atoms with E-state index in [2.05, 4.69) is 13.8 Å². The number of carbonyl (C=O) groups excluding carboxylic acids is 1. The smallest absolute Gasteiger partial charge is 0.260 e. The van der Waals surface area contributed by atoms with E-state index in [4.69, 9.17) is 4.74 Å². The van der Waals surface area contributed by atoms with E-state index in [-0.39, 0.29) is 30.4 Å². The zero-order valence-electron chi connectivity index (χ0n) is 11.4. The van der Waals surface area contributed by atoms with Crippen LogP contribution in [0, 0.1) is 5.82 Å². The van der Waals surface area contributed by atoms with Gasteiger partial charge in [0.1, 0.15) is 11.6 Å². The van der Waals surface area contributed by atoms with Gasteiger partial charge in [0, 0.05) is 18.2 Å². The molecule has 2 unspecified atom stereocenters. The highest BCUT2D eigenvalue weighted by atomic mass is 19.1. The van der Waals surface area contributed by atoms with Crippen molar-refractivity contribution in [1.82, 2.24) is 4.90 Å². The Morgan fingerprint density at radius 2 is 2.05 bits per heavy atom. The van der Waals surface area contributed by atoms with Crippen molar-refractivity contribution in [2.24, 2.45) is 0 Å². The highest BCUT2D eigenvalue weighted by Gasteiger charge is 2.28. The molecule has 1 aliphatic rings. The van der Waals surface area contributed by atoms with Crippen molar-refractivity contribution in [2.75, 3.05) is 6.61 Å². The minimum absolute atomic E-state index is 0.0241. The lowest BCUT2D eigenvalue weighted by Gasteiger charge is -2.38. The molecule has 1 heterocycles. The van der Waals surface area contributed by atoms with Crippen LogP contribution in [0.25, 0.3) is 0 Å². The second-order valence-electron chi connectivity index (χ2n) is 5.18. The number of nitrogens with zero attached hydrogens (tertiary/aromatic N) is 1. The molecule has 1 aromatic carbocycles. The summed E-state index contributed by atoms with van der Waals surface area (Å²) < 4.78 is 18.4. The summed E-state index contributed by atoms with van der Waals surface area (Å²) in [6.07, 6.45) is 3.24. The Balaban J connectivity index is 1.93. The maximum Gasteiger partial charge on any atom is 0.260 e. The molecule has 0 saturated carbocycles. The van der Waals surface area contributed by atoms with Gasteiger partial charge in [-0.3, -0.25) is 4.79 Å². The third kappa shape index (κ3) is 3.46. The van der Waals surface area contributed by atoms with Gasteiger partial charge in [-0.15, -0.1) is 0 Å². The Morgan fingerprint density at radius 1 is 1.37 bits per heavy atom. The fraction of sp³-hybridized carbons (Fsp3) is 0.533. The van der Waals surface area contributed by atoms with E-state index in [1.165, 1.54) is 12.1 Å². The van der Waals surface area contributed by atoms with E-state index in [9.17, 15) is 9.18 Å². The number of halogens is 1. The van der Waals surface area contributed by atoms with Crippen LogP contribution < -0.4 is 4.74 Å². The van der Waals surface area contributed by atoms with Crippen LogP contribution in [0.4, 0.5) is 4.39 Å². The van der Waals surface area contributed by atoms with Crippen LogP contribution in [-0.2, 0) is 4.79 Å². The fourth-order valence-electron chi connectivity index (χ4n) is 2.69. The molecule has 2 rings (SSSR count). The number of carbonyl (C=O) groups is 1. The van der Waals surface area contributed by atoms with E-state index >= 15 is 0 Å². The van der Waals surface area contributed by atoms with Gasteiger partial charge in [-0.2, -0.15) is 0 Å². The molecule has 1 fully saturated rings. The SMILES string of the molecule is CC1CCCC(C)N1C(=O)COc1cccc(F)c1. The molecule has 0 bridgehead atoms. The summed E-state index contributed by atoms with van der Waals surface area (Å²) in [5.41, 5.74) is 0. The van der Waals surface area contributed by atoms with Crippen LogP contribution in [0.2, 0.25) is 0 Å². The molecule has 4 heteroatoms. The highest BCUT2D eigenvalue weighted by Crippen LogP contribution is 2.22. The first kappa shape index (κ1) is 13.8. The van der Waals surface area contributed by atoms with Crippen molar-refractivity contribution in [1.29, 1.82) is 0 Å². The molecule has 0 aliphatic carbocycles. The highest BCUT2D eigenvalue weighted by molar-refractivity contribution is 5.78. The van der Waals surface area contributed by atoms with Crippen molar-refractivity contribution in [3.63, 3.8) is 0 Å². The van der Waals surface area contributed by atoms with Crippen molar-refractivity contribution in [3.8, 4) is 5.75 Å². The Morgan fingerprint density at radius 3 is 2.68 bits per heavy atom. The Bertz CT molecular complexity index is 440. The number of piperidine rings is 1. The second-order valence-corrected chi connectivity index (χ2v) is 5.18. The summed E-state index contributed by atoms with van der Waals surface area (Å²) >= 11 is 0. The largest absolute Gasteiger partial charge is 0.484 e. The normalized spacial score (nSPS) is 23.2. The first-order chi connectivity index (χ1) is 9.08. The monoisotopic (exact) mass is 265 g/mol. The van der Waals surface area contributed by atoms with E-state index in [1.54, 1.807) is 12.1 Å². The van der Waals surface area contributed by atoms with Crippen LogP contribution in [0.1, 0.15) is 33.1 Å². The number of amides is 1. The minimum Gasteiger partial charge on any atom is -0.484 e. The van der Waals surface area contributed by atoms with Gasteiger partial charge in [-0.1, -0.05) is 6.07 Å². The summed E-state index contributed by atoms with van der Waals surface area (Å²) in [5.74, 6) is 0.0132. The van der Waals surface area contributed by atoms with Gasteiger partial charge in [0.2, 0.25) is 0 Å². The molecule has 3 nitrogen and oxygen atoms in total. The molecule has 1 saturated heterocycles. The summed E-state index contributed by atoms with van der Waals surface area (Å²) in [6.45, 7) is 4.10. The zero-order chi connectivity index (χ0) is 13.8. The lowest BCUT2D eigenvalue weighted by atomic mass is 9.97. The van der Waals surface area contributed by atoms with Gasteiger partial charge in [-0.25, -0.2) is 4.39 Å². The minimum atomic E-state index is -0.357. The molecular formula is C15H20FNO2. The molecule has 104 valence electrons. The molecule has 19 heavy (non-hydrogen) atoms. The van der Waals surface area contributed by atoms with E-state index < -0.39 is 0 Å². The maximum atomic E-state index is 13.0.